The fourth-order valence-electron chi connectivity index (χ4n) is 1.77. The van der Waals surface area contributed by atoms with Gasteiger partial charge in [0.1, 0.15) is 5.75 Å². The molecule has 5 nitrogen and oxygen atoms in total. The van der Waals surface area contributed by atoms with Crippen LogP contribution < -0.4 is 15.4 Å². The normalized spacial score (nSPS) is 10.1. The van der Waals surface area contributed by atoms with Crippen LogP contribution in [0.1, 0.15) is 29.6 Å². The Morgan fingerprint density at radius 1 is 1.32 bits per heavy atom. The molecule has 0 heterocycles. The summed E-state index contributed by atoms with van der Waals surface area (Å²) in [5.74, 6) is 0.598. The molecule has 0 saturated carbocycles. The highest BCUT2D eigenvalue weighted by atomic mass is 16.5. The number of benzene rings is 1. The van der Waals surface area contributed by atoms with Crippen molar-refractivity contribution in [1.82, 2.24) is 5.32 Å². The molecule has 0 aliphatic carbocycles. The molecule has 1 aromatic carbocycles. The summed E-state index contributed by atoms with van der Waals surface area (Å²) in [6, 6.07) is 5.29. The smallest absolute Gasteiger partial charge is 0.251 e. The van der Waals surface area contributed by atoms with Gasteiger partial charge in [-0.2, -0.15) is 0 Å². The molecule has 0 spiro atoms. The second-order valence-electron chi connectivity index (χ2n) is 4.21. The number of aliphatic hydroxyl groups is 1. The van der Waals surface area contributed by atoms with Crippen molar-refractivity contribution in [2.45, 2.75) is 19.3 Å². The zero-order valence-electron chi connectivity index (χ0n) is 11.5. The van der Waals surface area contributed by atoms with E-state index < -0.39 is 0 Å². The first-order chi connectivity index (χ1) is 9.22. The lowest BCUT2D eigenvalue weighted by Gasteiger charge is -2.12. The van der Waals surface area contributed by atoms with Gasteiger partial charge in [0.25, 0.3) is 5.91 Å². The molecular weight excluding hydrogens is 244 g/mol. The molecule has 106 valence electrons. The van der Waals surface area contributed by atoms with Crippen molar-refractivity contribution in [3.63, 3.8) is 0 Å². The number of hydrogen-bond donors (Lipinski definition) is 3. The molecule has 0 unspecified atom stereocenters. The third kappa shape index (κ3) is 4.79. The molecule has 1 aromatic rings. The summed E-state index contributed by atoms with van der Waals surface area (Å²) in [6.45, 7) is 1.02. The molecule has 0 aromatic heterocycles. The van der Waals surface area contributed by atoms with Gasteiger partial charge in [-0.1, -0.05) is 0 Å². The summed E-state index contributed by atoms with van der Waals surface area (Å²) in [7, 11) is 3.21. The predicted molar refractivity (Wildman–Crippen MR) is 75.8 cm³/mol. The number of nitrogens with one attached hydrogen (secondary N) is 2. The Bertz CT molecular complexity index is 408. The maximum Gasteiger partial charge on any atom is 0.251 e. The molecule has 3 N–H and O–H groups in total. The summed E-state index contributed by atoms with van der Waals surface area (Å²) in [6.07, 6.45) is 2.76. The van der Waals surface area contributed by atoms with Crippen LogP contribution in [0.5, 0.6) is 5.75 Å². The first kappa shape index (κ1) is 15.3. The third-order valence-electron chi connectivity index (χ3n) is 2.84. The average Bonchev–Trinajstić information content (AvgIpc) is 2.46. The average molecular weight is 266 g/mol. The lowest BCUT2D eigenvalue weighted by Crippen LogP contribution is -2.18. The topological polar surface area (TPSA) is 70.6 Å². The lowest BCUT2D eigenvalue weighted by atomic mass is 10.1. The molecule has 19 heavy (non-hydrogen) atoms. The van der Waals surface area contributed by atoms with Crippen LogP contribution in [0.25, 0.3) is 0 Å². The molecule has 1 amide bonds. The number of carbonyl (C=O) groups is 1. The minimum absolute atomic E-state index is 0.119. The van der Waals surface area contributed by atoms with Crippen LogP contribution in [0, 0.1) is 0 Å². The molecule has 0 atom stereocenters. The van der Waals surface area contributed by atoms with E-state index in [4.69, 9.17) is 9.84 Å². The largest absolute Gasteiger partial charge is 0.495 e. The van der Waals surface area contributed by atoms with Gasteiger partial charge < -0.3 is 20.5 Å². The van der Waals surface area contributed by atoms with Crippen molar-refractivity contribution in [3.05, 3.63) is 23.8 Å². The highest BCUT2D eigenvalue weighted by Gasteiger charge is 2.08. The quantitative estimate of drug-likeness (QED) is 0.625. The van der Waals surface area contributed by atoms with E-state index in [9.17, 15) is 4.79 Å². The third-order valence-corrected chi connectivity index (χ3v) is 2.84. The molecule has 1 rings (SSSR count). The van der Waals surface area contributed by atoms with Gasteiger partial charge in [-0.05, 0) is 37.5 Å². The zero-order chi connectivity index (χ0) is 14.1. The predicted octanol–water partition coefficient (Wildman–Crippen LogP) is 1.63. The van der Waals surface area contributed by atoms with Gasteiger partial charge in [0.2, 0.25) is 0 Å². The van der Waals surface area contributed by atoms with E-state index in [0.717, 1.165) is 37.2 Å². The Morgan fingerprint density at radius 3 is 2.74 bits per heavy atom. The van der Waals surface area contributed by atoms with Gasteiger partial charge in [0.05, 0.1) is 12.8 Å². The highest BCUT2D eigenvalue weighted by Crippen LogP contribution is 2.25. The van der Waals surface area contributed by atoms with Crippen LogP contribution >= 0.6 is 0 Å². The minimum atomic E-state index is -0.119. The molecule has 0 bridgehead atoms. The first-order valence-corrected chi connectivity index (χ1v) is 6.47. The second-order valence-corrected chi connectivity index (χ2v) is 4.21. The van der Waals surface area contributed by atoms with Crippen LogP contribution in [-0.4, -0.2) is 38.3 Å². The van der Waals surface area contributed by atoms with Crippen LogP contribution in [0.4, 0.5) is 5.69 Å². The molecule has 0 fully saturated rings. The molecule has 5 heteroatoms. The van der Waals surface area contributed by atoms with Gasteiger partial charge in [0, 0.05) is 25.8 Å². The van der Waals surface area contributed by atoms with E-state index in [2.05, 4.69) is 10.6 Å². The van der Waals surface area contributed by atoms with Crippen molar-refractivity contribution in [1.29, 1.82) is 0 Å². The number of rotatable bonds is 8. The van der Waals surface area contributed by atoms with Crippen LogP contribution in [0.3, 0.4) is 0 Å². The highest BCUT2D eigenvalue weighted by molar-refractivity contribution is 5.95. The maximum absolute atomic E-state index is 11.6. The fraction of sp³-hybridized carbons (Fsp3) is 0.500. The van der Waals surface area contributed by atoms with Crippen molar-refractivity contribution in [2.75, 3.05) is 32.6 Å². The Hall–Kier alpha value is -1.75. The summed E-state index contributed by atoms with van der Waals surface area (Å²) >= 11 is 0. The number of hydrogen-bond acceptors (Lipinski definition) is 4. The summed E-state index contributed by atoms with van der Waals surface area (Å²) in [5.41, 5.74) is 1.41. The summed E-state index contributed by atoms with van der Waals surface area (Å²) in [4.78, 5) is 11.6. The maximum atomic E-state index is 11.6. The Labute approximate surface area is 114 Å². The van der Waals surface area contributed by atoms with Gasteiger partial charge in [-0.3, -0.25) is 4.79 Å². The summed E-state index contributed by atoms with van der Waals surface area (Å²) in [5, 5.41) is 14.6. The number of aliphatic hydroxyl groups excluding tert-OH is 1. The number of carbonyl (C=O) groups excluding carboxylic acids is 1. The number of methoxy groups -OCH3 is 1. The van der Waals surface area contributed by atoms with Crippen molar-refractivity contribution in [3.8, 4) is 5.75 Å². The number of anilines is 1. The lowest BCUT2D eigenvalue weighted by molar-refractivity contribution is 0.0963. The van der Waals surface area contributed by atoms with E-state index in [0.29, 0.717) is 5.56 Å². The minimum Gasteiger partial charge on any atom is -0.495 e. The van der Waals surface area contributed by atoms with Crippen LogP contribution in [0.15, 0.2) is 18.2 Å². The van der Waals surface area contributed by atoms with Gasteiger partial charge in [-0.15, -0.1) is 0 Å². The molecule has 0 aliphatic heterocycles. The SMILES string of the molecule is CNC(=O)c1ccc(OC)c(NCCCCCO)c1. The first-order valence-electron chi connectivity index (χ1n) is 6.47. The molecular formula is C14H22N2O3. The Balaban J connectivity index is 2.65. The summed E-state index contributed by atoms with van der Waals surface area (Å²) < 4.78 is 5.26. The standard InChI is InChI=1S/C14H22N2O3/c1-15-14(18)11-6-7-13(19-2)12(10-11)16-8-4-3-5-9-17/h6-7,10,16-17H,3-5,8-9H2,1-2H3,(H,15,18). The van der Waals surface area contributed by atoms with Crippen LogP contribution in [0.2, 0.25) is 0 Å². The molecule has 0 aliphatic rings. The Morgan fingerprint density at radius 2 is 2.11 bits per heavy atom. The Kier molecular flexibility index (Phi) is 6.74. The second kappa shape index (κ2) is 8.37. The zero-order valence-corrected chi connectivity index (χ0v) is 11.5. The van der Waals surface area contributed by atoms with E-state index in [1.165, 1.54) is 0 Å². The fourth-order valence-corrected chi connectivity index (χ4v) is 1.77. The van der Waals surface area contributed by atoms with Crippen molar-refractivity contribution < 1.29 is 14.6 Å². The van der Waals surface area contributed by atoms with Gasteiger partial charge in [0.15, 0.2) is 0 Å². The number of ether oxygens (including phenoxy) is 1. The van der Waals surface area contributed by atoms with Crippen LogP contribution in [-0.2, 0) is 0 Å². The molecule has 0 saturated heterocycles. The van der Waals surface area contributed by atoms with Gasteiger partial charge >= 0.3 is 0 Å². The van der Waals surface area contributed by atoms with E-state index in [1.807, 2.05) is 0 Å². The van der Waals surface area contributed by atoms with Crippen molar-refractivity contribution >= 4 is 11.6 Å². The van der Waals surface area contributed by atoms with E-state index >= 15 is 0 Å². The molecule has 0 radical (unpaired) electrons. The van der Waals surface area contributed by atoms with E-state index in [-0.39, 0.29) is 12.5 Å². The van der Waals surface area contributed by atoms with Crippen molar-refractivity contribution in [2.24, 2.45) is 0 Å². The monoisotopic (exact) mass is 266 g/mol. The number of amides is 1. The van der Waals surface area contributed by atoms with Gasteiger partial charge in [-0.25, -0.2) is 0 Å². The van der Waals surface area contributed by atoms with E-state index in [1.54, 1.807) is 32.4 Å². The number of unbranched alkanes of at least 4 members (excludes halogenated alkanes) is 2.